The van der Waals surface area contributed by atoms with Crippen molar-refractivity contribution in [3.8, 4) is 0 Å². The van der Waals surface area contributed by atoms with Crippen molar-refractivity contribution in [3.05, 3.63) is 5.01 Å². The summed E-state index contributed by atoms with van der Waals surface area (Å²) in [6.45, 7) is 6.18. The van der Waals surface area contributed by atoms with Crippen LogP contribution in [0, 0.1) is 12.8 Å². The fraction of sp³-hybridized carbons (Fsp3) is 0.625. The second-order valence-electron chi connectivity index (χ2n) is 3.24. The number of rotatable bonds is 3. The van der Waals surface area contributed by atoms with Crippen LogP contribution in [0.1, 0.15) is 18.9 Å². The van der Waals surface area contributed by atoms with Crippen LogP contribution in [0.3, 0.4) is 0 Å². The number of aryl methyl sites for hydroxylation is 1. The molecule has 1 heterocycles. The Bertz CT molecular complexity index is 311. The monoisotopic (exact) mass is 215 g/mol. The number of nitrogens with zero attached hydrogens (tertiary/aromatic N) is 2. The third-order valence-electron chi connectivity index (χ3n) is 1.28. The van der Waals surface area contributed by atoms with E-state index in [-0.39, 0.29) is 0 Å². The van der Waals surface area contributed by atoms with E-state index < -0.39 is 6.09 Å². The van der Waals surface area contributed by atoms with Gasteiger partial charge in [-0.25, -0.2) is 4.79 Å². The Labute approximate surface area is 86.5 Å². The Hall–Kier alpha value is -1.17. The number of ether oxygens (including phenoxy) is 1. The molecule has 1 aromatic rings. The number of hydrogen-bond donors (Lipinski definition) is 1. The molecule has 0 aliphatic rings. The average molecular weight is 215 g/mol. The van der Waals surface area contributed by atoms with Gasteiger partial charge in [0.1, 0.15) is 5.01 Å². The van der Waals surface area contributed by atoms with Crippen molar-refractivity contribution in [3.63, 3.8) is 0 Å². The number of carbonyl (C=O) groups is 1. The standard InChI is InChI=1S/C8H13N3O2S/c1-5(2)4-13-8(12)9-7-11-10-6(3)14-7/h5H,4H2,1-3H3,(H,9,11,12). The topological polar surface area (TPSA) is 64.1 Å². The van der Waals surface area contributed by atoms with Gasteiger partial charge in [0.25, 0.3) is 0 Å². The van der Waals surface area contributed by atoms with Crippen LogP contribution in [0.5, 0.6) is 0 Å². The fourth-order valence-electron chi connectivity index (χ4n) is 0.713. The first-order chi connectivity index (χ1) is 6.58. The third kappa shape index (κ3) is 3.69. The quantitative estimate of drug-likeness (QED) is 0.838. The van der Waals surface area contributed by atoms with Crippen molar-refractivity contribution >= 4 is 22.6 Å². The molecule has 1 aromatic heterocycles. The molecule has 0 fully saturated rings. The SMILES string of the molecule is Cc1nnc(NC(=O)OCC(C)C)s1. The number of anilines is 1. The second kappa shape index (κ2) is 4.90. The summed E-state index contributed by atoms with van der Waals surface area (Å²) in [5.41, 5.74) is 0. The van der Waals surface area contributed by atoms with E-state index in [2.05, 4.69) is 15.5 Å². The normalized spacial score (nSPS) is 10.3. The summed E-state index contributed by atoms with van der Waals surface area (Å²) in [4.78, 5) is 11.1. The molecule has 0 saturated carbocycles. The van der Waals surface area contributed by atoms with Crippen LogP contribution < -0.4 is 5.32 Å². The van der Waals surface area contributed by atoms with Gasteiger partial charge in [-0.2, -0.15) is 0 Å². The van der Waals surface area contributed by atoms with Gasteiger partial charge < -0.3 is 4.74 Å². The van der Waals surface area contributed by atoms with Gasteiger partial charge in [0, 0.05) is 0 Å². The van der Waals surface area contributed by atoms with E-state index in [0.29, 0.717) is 17.7 Å². The number of amides is 1. The third-order valence-corrected chi connectivity index (χ3v) is 2.04. The van der Waals surface area contributed by atoms with Crippen molar-refractivity contribution in [1.29, 1.82) is 0 Å². The van der Waals surface area contributed by atoms with E-state index in [4.69, 9.17) is 4.74 Å². The smallest absolute Gasteiger partial charge is 0.413 e. The molecule has 0 saturated heterocycles. The minimum absolute atomic E-state index is 0.330. The molecule has 0 atom stereocenters. The molecule has 0 aliphatic carbocycles. The van der Waals surface area contributed by atoms with E-state index in [1.54, 1.807) is 0 Å². The summed E-state index contributed by atoms with van der Waals surface area (Å²) >= 11 is 1.32. The molecule has 0 radical (unpaired) electrons. The predicted molar refractivity (Wildman–Crippen MR) is 54.5 cm³/mol. The van der Waals surface area contributed by atoms with Gasteiger partial charge in [-0.15, -0.1) is 10.2 Å². The Morgan fingerprint density at radius 3 is 2.79 bits per heavy atom. The Morgan fingerprint density at radius 1 is 1.57 bits per heavy atom. The van der Waals surface area contributed by atoms with Crippen molar-refractivity contribution in [2.75, 3.05) is 11.9 Å². The van der Waals surface area contributed by atoms with Crippen molar-refractivity contribution < 1.29 is 9.53 Å². The highest BCUT2D eigenvalue weighted by Crippen LogP contribution is 2.13. The van der Waals surface area contributed by atoms with Gasteiger partial charge in [0.2, 0.25) is 5.13 Å². The van der Waals surface area contributed by atoms with Crippen molar-refractivity contribution in [2.45, 2.75) is 20.8 Å². The lowest BCUT2D eigenvalue weighted by atomic mass is 10.2. The van der Waals surface area contributed by atoms with Crippen LogP contribution in [0.25, 0.3) is 0 Å². The summed E-state index contributed by atoms with van der Waals surface area (Å²) in [5, 5.41) is 11.3. The lowest BCUT2D eigenvalue weighted by Crippen LogP contribution is -2.16. The first kappa shape index (κ1) is 10.9. The largest absolute Gasteiger partial charge is 0.449 e. The number of nitrogens with one attached hydrogen (secondary N) is 1. The fourth-order valence-corrected chi connectivity index (χ4v) is 1.29. The zero-order valence-electron chi connectivity index (χ0n) is 8.40. The zero-order valence-corrected chi connectivity index (χ0v) is 9.22. The van der Waals surface area contributed by atoms with Crippen LogP contribution in [0.15, 0.2) is 0 Å². The Morgan fingerprint density at radius 2 is 2.29 bits per heavy atom. The van der Waals surface area contributed by atoms with Crippen LogP contribution in [0.2, 0.25) is 0 Å². The van der Waals surface area contributed by atoms with Gasteiger partial charge in [0.05, 0.1) is 6.61 Å². The number of hydrogen-bond acceptors (Lipinski definition) is 5. The summed E-state index contributed by atoms with van der Waals surface area (Å²) in [6.07, 6.45) is -0.477. The molecule has 0 aliphatic heterocycles. The van der Waals surface area contributed by atoms with Crippen molar-refractivity contribution in [1.82, 2.24) is 10.2 Å². The minimum atomic E-state index is -0.477. The van der Waals surface area contributed by atoms with Gasteiger partial charge in [-0.3, -0.25) is 5.32 Å². The molecule has 0 bridgehead atoms. The molecule has 1 rings (SSSR count). The summed E-state index contributed by atoms with van der Waals surface area (Å²) in [6, 6.07) is 0. The molecule has 0 spiro atoms. The molecule has 1 N–H and O–H groups in total. The van der Waals surface area contributed by atoms with E-state index in [1.165, 1.54) is 11.3 Å². The maximum atomic E-state index is 11.1. The lowest BCUT2D eigenvalue weighted by molar-refractivity contribution is 0.147. The van der Waals surface area contributed by atoms with Crippen molar-refractivity contribution in [2.24, 2.45) is 5.92 Å². The number of aromatic nitrogens is 2. The lowest BCUT2D eigenvalue weighted by Gasteiger charge is -2.06. The Kier molecular flexibility index (Phi) is 3.82. The maximum absolute atomic E-state index is 11.1. The highest BCUT2D eigenvalue weighted by atomic mass is 32.1. The molecule has 14 heavy (non-hydrogen) atoms. The summed E-state index contributed by atoms with van der Waals surface area (Å²) < 4.78 is 4.91. The molecule has 78 valence electrons. The summed E-state index contributed by atoms with van der Waals surface area (Å²) in [7, 11) is 0. The minimum Gasteiger partial charge on any atom is -0.449 e. The second-order valence-corrected chi connectivity index (χ2v) is 4.43. The molecular formula is C8H13N3O2S. The average Bonchev–Trinajstić information content (AvgIpc) is 2.48. The highest BCUT2D eigenvalue weighted by Gasteiger charge is 2.07. The van der Waals surface area contributed by atoms with Gasteiger partial charge >= 0.3 is 6.09 Å². The molecule has 6 heteroatoms. The van der Waals surface area contributed by atoms with Crippen LogP contribution in [0.4, 0.5) is 9.93 Å². The first-order valence-corrected chi connectivity index (χ1v) is 5.13. The van der Waals surface area contributed by atoms with E-state index in [1.807, 2.05) is 20.8 Å². The van der Waals surface area contributed by atoms with Gasteiger partial charge in [-0.05, 0) is 12.8 Å². The Balaban J connectivity index is 2.34. The highest BCUT2D eigenvalue weighted by molar-refractivity contribution is 7.15. The summed E-state index contributed by atoms with van der Waals surface area (Å²) in [5.74, 6) is 0.330. The zero-order chi connectivity index (χ0) is 10.6. The van der Waals surface area contributed by atoms with Crippen LogP contribution in [-0.4, -0.2) is 22.9 Å². The van der Waals surface area contributed by atoms with Crippen LogP contribution in [-0.2, 0) is 4.74 Å². The first-order valence-electron chi connectivity index (χ1n) is 4.32. The van der Waals surface area contributed by atoms with Gasteiger partial charge in [0.15, 0.2) is 0 Å². The predicted octanol–water partition coefficient (Wildman–Crippen LogP) is 2.05. The molecular weight excluding hydrogens is 202 g/mol. The van der Waals surface area contributed by atoms with E-state index in [9.17, 15) is 4.79 Å². The van der Waals surface area contributed by atoms with E-state index in [0.717, 1.165) is 5.01 Å². The molecule has 0 aromatic carbocycles. The number of carbonyl (C=O) groups excluding carboxylic acids is 1. The molecule has 0 unspecified atom stereocenters. The molecule has 5 nitrogen and oxygen atoms in total. The molecule has 1 amide bonds. The van der Waals surface area contributed by atoms with E-state index >= 15 is 0 Å². The maximum Gasteiger partial charge on any atom is 0.413 e. The van der Waals surface area contributed by atoms with Gasteiger partial charge in [-0.1, -0.05) is 25.2 Å². The van der Waals surface area contributed by atoms with Crippen LogP contribution >= 0.6 is 11.3 Å².